The molecule has 4 aromatic rings. The lowest BCUT2D eigenvalue weighted by atomic mass is 10.1. The molecule has 0 unspecified atom stereocenters. The van der Waals surface area contributed by atoms with Crippen LogP contribution in [0.5, 0.6) is 17.2 Å². The number of rotatable bonds is 11. The van der Waals surface area contributed by atoms with E-state index in [0.29, 0.717) is 35.6 Å². The summed E-state index contributed by atoms with van der Waals surface area (Å²) in [7, 11) is 4.83. The summed E-state index contributed by atoms with van der Waals surface area (Å²) in [5.74, 6) is 2.84. The number of carbonyl (C=O) groups excluding carboxylic acids is 1. The molecule has 36 heavy (non-hydrogen) atoms. The molecule has 0 aliphatic heterocycles. The third kappa shape index (κ3) is 6.17. The number of benzene rings is 3. The first-order chi connectivity index (χ1) is 17.6. The number of carbonyl (C=O) groups is 1. The summed E-state index contributed by atoms with van der Waals surface area (Å²) in [4.78, 5) is 12.6. The summed E-state index contributed by atoms with van der Waals surface area (Å²) in [6, 6.07) is 23.3. The minimum absolute atomic E-state index is 0.0854. The van der Waals surface area contributed by atoms with Crippen molar-refractivity contribution in [3.63, 3.8) is 0 Å². The predicted molar refractivity (Wildman–Crippen MR) is 140 cm³/mol. The fraction of sp³-hybridized carbons (Fsp3) is 0.222. The Kier molecular flexibility index (Phi) is 8.46. The van der Waals surface area contributed by atoms with Gasteiger partial charge in [-0.05, 0) is 41.5 Å². The standard InChI is InChI=1S/C27H28N4O4S/c1-33-22-12-9-19(10-13-22)16-28-25(32)18-36-27-30-29-26(31(27)17-20-7-5-4-6-8-20)21-11-14-23(34-2)24(15-21)35-3/h4-15H,16-18H2,1-3H3,(H,28,32). The molecule has 0 saturated carbocycles. The summed E-state index contributed by atoms with van der Waals surface area (Å²) in [6.45, 7) is 1.00. The quantitative estimate of drug-likeness (QED) is 0.302. The molecule has 0 bridgehead atoms. The molecule has 1 heterocycles. The number of amides is 1. The minimum atomic E-state index is -0.0854. The number of methoxy groups -OCH3 is 3. The zero-order valence-electron chi connectivity index (χ0n) is 20.4. The van der Waals surface area contributed by atoms with Crippen LogP contribution in [-0.2, 0) is 17.9 Å². The van der Waals surface area contributed by atoms with Crippen LogP contribution in [0.15, 0.2) is 78.0 Å². The van der Waals surface area contributed by atoms with E-state index in [1.165, 1.54) is 11.8 Å². The number of aromatic nitrogens is 3. The number of hydrogen-bond donors (Lipinski definition) is 1. The highest BCUT2D eigenvalue weighted by atomic mass is 32.2. The van der Waals surface area contributed by atoms with Crippen molar-refractivity contribution in [2.45, 2.75) is 18.2 Å². The Morgan fingerprint density at radius 2 is 1.61 bits per heavy atom. The van der Waals surface area contributed by atoms with Crippen LogP contribution in [0.4, 0.5) is 0 Å². The zero-order chi connectivity index (χ0) is 25.3. The molecule has 4 rings (SSSR count). The van der Waals surface area contributed by atoms with Gasteiger partial charge in [-0.2, -0.15) is 0 Å². The molecule has 0 saturated heterocycles. The third-order valence-electron chi connectivity index (χ3n) is 5.52. The van der Waals surface area contributed by atoms with Crippen LogP contribution in [0.1, 0.15) is 11.1 Å². The molecule has 1 aromatic heterocycles. The number of hydrogen-bond acceptors (Lipinski definition) is 7. The van der Waals surface area contributed by atoms with E-state index in [1.54, 1.807) is 21.3 Å². The molecule has 0 atom stereocenters. The van der Waals surface area contributed by atoms with E-state index in [4.69, 9.17) is 14.2 Å². The molecule has 1 amide bonds. The van der Waals surface area contributed by atoms with Crippen molar-refractivity contribution in [2.24, 2.45) is 0 Å². The average molecular weight is 505 g/mol. The van der Waals surface area contributed by atoms with Gasteiger partial charge in [-0.1, -0.05) is 54.2 Å². The van der Waals surface area contributed by atoms with Gasteiger partial charge in [0.2, 0.25) is 5.91 Å². The molecule has 9 heteroatoms. The smallest absolute Gasteiger partial charge is 0.230 e. The van der Waals surface area contributed by atoms with Crippen LogP contribution >= 0.6 is 11.8 Å². The van der Waals surface area contributed by atoms with Crippen molar-refractivity contribution in [3.05, 3.63) is 83.9 Å². The average Bonchev–Trinajstić information content (AvgIpc) is 3.33. The van der Waals surface area contributed by atoms with E-state index in [0.717, 1.165) is 22.4 Å². The van der Waals surface area contributed by atoms with Gasteiger partial charge in [0.1, 0.15) is 5.75 Å². The van der Waals surface area contributed by atoms with Crippen LogP contribution in [0.25, 0.3) is 11.4 Å². The molecular formula is C27H28N4O4S. The maximum Gasteiger partial charge on any atom is 0.230 e. The lowest BCUT2D eigenvalue weighted by Crippen LogP contribution is -2.24. The van der Waals surface area contributed by atoms with Crippen molar-refractivity contribution in [2.75, 3.05) is 27.1 Å². The number of thioether (sulfide) groups is 1. The Labute approximate surface area is 214 Å². The van der Waals surface area contributed by atoms with Crippen LogP contribution in [-0.4, -0.2) is 47.8 Å². The maximum atomic E-state index is 12.6. The van der Waals surface area contributed by atoms with Gasteiger partial charge in [0, 0.05) is 12.1 Å². The van der Waals surface area contributed by atoms with E-state index in [1.807, 2.05) is 77.4 Å². The van der Waals surface area contributed by atoms with E-state index in [-0.39, 0.29) is 11.7 Å². The van der Waals surface area contributed by atoms with Crippen LogP contribution in [0.2, 0.25) is 0 Å². The second kappa shape index (κ2) is 12.1. The van der Waals surface area contributed by atoms with Gasteiger partial charge in [0.15, 0.2) is 22.5 Å². The second-order valence-corrected chi connectivity index (χ2v) is 8.80. The Morgan fingerprint density at radius 1 is 0.861 bits per heavy atom. The van der Waals surface area contributed by atoms with Gasteiger partial charge in [0.05, 0.1) is 33.6 Å². The van der Waals surface area contributed by atoms with E-state index in [9.17, 15) is 4.79 Å². The minimum Gasteiger partial charge on any atom is -0.497 e. The van der Waals surface area contributed by atoms with Gasteiger partial charge in [0.25, 0.3) is 0 Å². The van der Waals surface area contributed by atoms with E-state index in [2.05, 4.69) is 15.5 Å². The number of nitrogens with one attached hydrogen (secondary N) is 1. The van der Waals surface area contributed by atoms with Crippen molar-refractivity contribution in [1.29, 1.82) is 0 Å². The molecule has 8 nitrogen and oxygen atoms in total. The van der Waals surface area contributed by atoms with Gasteiger partial charge in [-0.15, -0.1) is 10.2 Å². The van der Waals surface area contributed by atoms with E-state index < -0.39 is 0 Å². The van der Waals surface area contributed by atoms with Gasteiger partial charge < -0.3 is 19.5 Å². The molecule has 0 fully saturated rings. The molecule has 0 aliphatic rings. The zero-order valence-corrected chi connectivity index (χ0v) is 21.2. The van der Waals surface area contributed by atoms with E-state index >= 15 is 0 Å². The molecule has 0 radical (unpaired) electrons. The lowest BCUT2D eigenvalue weighted by molar-refractivity contribution is -0.118. The predicted octanol–water partition coefficient (Wildman–Crippen LogP) is 4.43. The summed E-state index contributed by atoms with van der Waals surface area (Å²) in [5.41, 5.74) is 2.94. The maximum absolute atomic E-state index is 12.6. The van der Waals surface area contributed by atoms with Crippen LogP contribution < -0.4 is 19.5 Å². The first kappa shape index (κ1) is 25.1. The van der Waals surface area contributed by atoms with Crippen LogP contribution in [0, 0.1) is 0 Å². The Hall–Kier alpha value is -3.98. The molecule has 1 N–H and O–H groups in total. The molecule has 0 aliphatic carbocycles. The molecular weight excluding hydrogens is 476 g/mol. The SMILES string of the molecule is COc1ccc(CNC(=O)CSc2nnc(-c3ccc(OC)c(OC)c3)n2Cc2ccccc2)cc1. The highest BCUT2D eigenvalue weighted by Crippen LogP contribution is 2.33. The normalized spacial score (nSPS) is 10.6. The van der Waals surface area contributed by atoms with Crippen molar-refractivity contribution in [1.82, 2.24) is 20.1 Å². The number of ether oxygens (including phenoxy) is 3. The van der Waals surface area contributed by atoms with Crippen molar-refractivity contribution < 1.29 is 19.0 Å². The van der Waals surface area contributed by atoms with Crippen LogP contribution in [0.3, 0.4) is 0 Å². The van der Waals surface area contributed by atoms with Gasteiger partial charge in [-0.25, -0.2) is 0 Å². The highest BCUT2D eigenvalue weighted by Gasteiger charge is 2.18. The van der Waals surface area contributed by atoms with Crippen molar-refractivity contribution in [3.8, 4) is 28.6 Å². The third-order valence-corrected chi connectivity index (χ3v) is 6.49. The topological polar surface area (TPSA) is 87.5 Å². The summed E-state index contributed by atoms with van der Waals surface area (Å²) in [5, 5.41) is 12.5. The molecule has 186 valence electrons. The summed E-state index contributed by atoms with van der Waals surface area (Å²) >= 11 is 1.35. The Bertz CT molecular complexity index is 1290. The van der Waals surface area contributed by atoms with Crippen molar-refractivity contribution >= 4 is 17.7 Å². The summed E-state index contributed by atoms with van der Waals surface area (Å²) in [6.07, 6.45) is 0. The summed E-state index contributed by atoms with van der Waals surface area (Å²) < 4.78 is 18.0. The lowest BCUT2D eigenvalue weighted by Gasteiger charge is -2.12. The first-order valence-electron chi connectivity index (χ1n) is 11.3. The molecule has 3 aromatic carbocycles. The first-order valence-corrected chi connectivity index (χ1v) is 12.3. The fourth-order valence-corrected chi connectivity index (χ4v) is 4.39. The fourth-order valence-electron chi connectivity index (χ4n) is 3.62. The highest BCUT2D eigenvalue weighted by molar-refractivity contribution is 7.99. The number of nitrogens with zero attached hydrogens (tertiary/aromatic N) is 3. The second-order valence-electron chi connectivity index (χ2n) is 7.86. The molecule has 0 spiro atoms. The monoisotopic (exact) mass is 504 g/mol. The largest absolute Gasteiger partial charge is 0.497 e. The van der Waals surface area contributed by atoms with Gasteiger partial charge >= 0.3 is 0 Å². The Balaban J connectivity index is 1.51. The Morgan fingerprint density at radius 3 is 2.31 bits per heavy atom. The van der Waals surface area contributed by atoms with Gasteiger partial charge in [-0.3, -0.25) is 9.36 Å².